The van der Waals surface area contributed by atoms with Crippen LogP contribution in [0.5, 0.6) is 0 Å². The molecule has 0 saturated carbocycles. The lowest BCUT2D eigenvalue weighted by Gasteiger charge is -2.20. The van der Waals surface area contributed by atoms with Crippen molar-refractivity contribution < 1.29 is 31.9 Å². The SMILES string of the molecule is O=C(O)CC(C(=C(F)F)C(F)(F)F)c1ccccc1. The van der Waals surface area contributed by atoms with Gasteiger partial charge in [-0.05, 0) is 5.56 Å². The fraction of sp³-hybridized carbons (Fsp3) is 0.250. The Hall–Kier alpha value is -1.92. The average Bonchev–Trinajstić information content (AvgIpc) is 2.26. The number of hydrogen-bond acceptors (Lipinski definition) is 1. The molecule has 1 unspecified atom stereocenters. The second-order valence-electron chi connectivity index (χ2n) is 3.73. The lowest BCUT2D eigenvalue weighted by Crippen LogP contribution is -2.22. The summed E-state index contributed by atoms with van der Waals surface area (Å²) in [6, 6.07) is 6.57. The fourth-order valence-corrected chi connectivity index (χ4v) is 1.68. The number of carboxylic acid groups (broad SMARTS) is 1. The Morgan fingerprint density at radius 1 is 1.16 bits per heavy atom. The molecule has 104 valence electrons. The predicted molar refractivity (Wildman–Crippen MR) is 56.7 cm³/mol. The number of alkyl halides is 3. The molecular weight excluding hydrogens is 271 g/mol. The van der Waals surface area contributed by atoms with E-state index < -0.39 is 36.1 Å². The minimum absolute atomic E-state index is 0.120. The smallest absolute Gasteiger partial charge is 0.418 e. The lowest BCUT2D eigenvalue weighted by molar-refractivity contribution is -0.138. The van der Waals surface area contributed by atoms with E-state index in [2.05, 4.69) is 0 Å². The van der Waals surface area contributed by atoms with Gasteiger partial charge in [0.2, 0.25) is 0 Å². The van der Waals surface area contributed by atoms with Gasteiger partial charge in [-0.15, -0.1) is 0 Å². The summed E-state index contributed by atoms with van der Waals surface area (Å²) in [4.78, 5) is 10.6. The minimum Gasteiger partial charge on any atom is -0.481 e. The largest absolute Gasteiger partial charge is 0.481 e. The van der Waals surface area contributed by atoms with Gasteiger partial charge in [-0.25, -0.2) is 0 Å². The second-order valence-corrected chi connectivity index (χ2v) is 3.73. The molecule has 1 aromatic rings. The molecule has 0 radical (unpaired) electrons. The quantitative estimate of drug-likeness (QED) is 0.848. The van der Waals surface area contributed by atoms with Crippen LogP contribution in [0.15, 0.2) is 42.0 Å². The standard InChI is InChI=1S/C12H9F5O2/c13-11(14)10(12(15,16)17)8(6-9(18)19)7-4-2-1-3-5-7/h1-5,8H,6H2,(H,18,19). The molecule has 1 rings (SSSR count). The van der Waals surface area contributed by atoms with Gasteiger partial charge in [0.05, 0.1) is 6.42 Å². The minimum atomic E-state index is -5.28. The third-order valence-corrected chi connectivity index (χ3v) is 2.44. The maximum atomic E-state index is 12.6. The van der Waals surface area contributed by atoms with Crippen LogP contribution in [0.3, 0.4) is 0 Å². The summed E-state index contributed by atoms with van der Waals surface area (Å²) in [7, 11) is 0. The first kappa shape index (κ1) is 15.1. The van der Waals surface area contributed by atoms with Crippen LogP contribution in [0, 0.1) is 0 Å². The first-order valence-electron chi connectivity index (χ1n) is 5.12. The molecule has 0 aliphatic heterocycles. The molecule has 7 heteroatoms. The summed E-state index contributed by atoms with van der Waals surface area (Å²) < 4.78 is 63.0. The van der Waals surface area contributed by atoms with E-state index in [9.17, 15) is 26.7 Å². The highest BCUT2D eigenvalue weighted by Crippen LogP contribution is 2.41. The fourth-order valence-electron chi connectivity index (χ4n) is 1.68. The van der Waals surface area contributed by atoms with Crippen LogP contribution in [-0.2, 0) is 4.79 Å². The van der Waals surface area contributed by atoms with Crippen LogP contribution in [0.4, 0.5) is 22.0 Å². The molecule has 19 heavy (non-hydrogen) atoms. The van der Waals surface area contributed by atoms with Gasteiger partial charge in [0.15, 0.2) is 0 Å². The number of hydrogen-bond donors (Lipinski definition) is 1. The summed E-state index contributed by atoms with van der Waals surface area (Å²) in [5.74, 6) is -3.51. The van der Waals surface area contributed by atoms with Gasteiger partial charge in [-0.2, -0.15) is 22.0 Å². The Morgan fingerprint density at radius 3 is 2.05 bits per heavy atom. The van der Waals surface area contributed by atoms with Gasteiger partial charge < -0.3 is 5.11 Å². The molecule has 0 spiro atoms. The van der Waals surface area contributed by atoms with E-state index in [1.807, 2.05) is 0 Å². The summed E-state index contributed by atoms with van der Waals surface area (Å²) in [5.41, 5.74) is -2.23. The molecule has 1 N–H and O–H groups in total. The van der Waals surface area contributed by atoms with E-state index in [0.717, 1.165) is 0 Å². The molecule has 2 nitrogen and oxygen atoms in total. The Labute approximate surface area is 105 Å². The van der Waals surface area contributed by atoms with Gasteiger partial charge in [0.1, 0.15) is 5.57 Å². The highest BCUT2D eigenvalue weighted by Gasteiger charge is 2.43. The zero-order chi connectivity index (χ0) is 14.6. The van der Waals surface area contributed by atoms with Crippen molar-refractivity contribution in [1.82, 2.24) is 0 Å². The number of rotatable bonds is 4. The first-order chi connectivity index (χ1) is 8.73. The Bertz CT molecular complexity index is 475. The monoisotopic (exact) mass is 280 g/mol. The van der Waals surface area contributed by atoms with Gasteiger partial charge in [-0.3, -0.25) is 4.79 Å². The number of carboxylic acids is 1. The van der Waals surface area contributed by atoms with Crippen molar-refractivity contribution in [2.24, 2.45) is 0 Å². The van der Waals surface area contributed by atoms with E-state index in [-0.39, 0.29) is 5.56 Å². The van der Waals surface area contributed by atoms with E-state index in [1.54, 1.807) is 0 Å². The predicted octanol–water partition coefficient (Wildman–Crippen LogP) is 3.96. The highest BCUT2D eigenvalue weighted by molar-refractivity contribution is 5.69. The van der Waals surface area contributed by atoms with Crippen molar-refractivity contribution in [2.75, 3.05) is 0 Å². The number of allylic oxidation sites excluding steroid dienone is 1. The number of halogens is 5. The molecule has 0 bridgehead atoms. The van der Waals surface area contributed by atoms with Crippen molar-refractivity contribution in [1.29, 1.82) is 0 Å². The van der Waals surface area contributed by atoms with E-state index >= 15 is 0 Å². The molecule has 0 fully saturated rings. The maximum Gasteiger partial charge on any atom is 0.418 e. The van der Waals surface area contributed by atoms with Gasteiger partial charge >= 0.3 is 12.1 Å². The van der Waals surface area contributed by atoms with Gasteiger partial charge in [0, 0.05) is 5.92 Å². The van der Waals surface area contributed by atoms with Crippen LogP contribution >= 0.6 is 0 Å². The van der Waals surface area contributed by atoms with Crippen molar-refractivity contribution in [3.8, 4) is 0 Å². The summed E-state index contributed by atoms with van der Waals surface area (Å²) in [6.07, 6.45) is -9.26. The Balaban J connectivity index is 3.32. The summed E-state index contributed by atoms with van der Waals surface area (Å²) >= 11 is 0. The molecular formula is C12H9F5O2. The lowest BCUT2D eigenvalue weighted by atomic mass is 9.88. The normalized spacial score (nSPS) is 12.9. The van der Waals surface area contributed by atoms with Crippen LogP contribution in [0.25, 0.3) is 0 Å². The molecule has 0 aliphatic carbocycles. The number of carbonyl (C=O) groups is 1. The molecule has 0 heterocycles. The summed E-state index contributed by atoms with van der Waals surface area (Å²) in [5, 5.41) is 8.61. The van der Waals surface area contributed by atoms with Gasteiger partial charge in [0.25, 0.3) is 6.08 Å². The maximum absolute atomic E-state index is 12.6. The molecule has 1 aromatic carbocycles. The van der Waals surface area contributed by atoms with Crippen molar-refractivity contribution in [3.63, 3.8) is 0 Å². The zero-order valence-corrected chi connectivity index (χ0v) is 9.42. The zero-order valence-electron chi connectivity index (χ0n) is 9.42. The van der Waals surface area contributed by atoms with Crippen LogP contribution in [0.1, 0.15) is 17.9 Å². The number of aliphatic carboxylic acids is 1. The molecule has 0 aromatic heterocycles. The Morgan fingerprint density at radius 2 is 1.68 bits per heavy atom. The Kier molecular flexibility index (Phi) is 4.63. The molecule has 0 amide bonds. The van der Waals surface area contributed by atoms with Crippen LogP contribution < -0.4 is 0 Å². The van der Waals surface area contributed by atoms with Crippen LogP contribution in [-0.4, -0.2) is 17.3 Å². The van der Waals surface area contributed by atoms with E-state index in [4.69, 9.17) is 5.11 Å². The first-order valence-corrected chi connectivity index (χ1v) is 5.12. The second kappa shape index (κ2) is 5.81. The average molecular weight is 280 g/mol. The van der Waals surface area contributed by atoms with Crippen LogP contribution in [0.2, 0.25) is 0 Å². The third-order valence-electron chi connectivity index (χ3n) is 2.44. The molecule has 1 atom stereocenters. The van der Waals surface area contributed by atoms with E-state index in [1.165, 1.54) is 30.3 Å². The summed E-state index contributed by atoms with van der Waals surface area (Å²) in [6.45, 7) is 0. The van der Waals surface area contributed by atoms with Crippen molar-refractivity contribution in [3.05, 3.63) is 47.5 Å². The third kappa shape index (κ3) is 4.04. The van der Waals surface area contributed by atoms with Crippen molar-refractivity contribution >= 4 is 5.97 Å². The van der Waals surface area contributed by atoms with E-state index in [0.29, 0.717) is 0 Å². The highest BCUT2D eigenvalue weighted by atomic mass is 19.4. The number of benzene rings is 1. The molecule has 0 saturated heterocycles. The van der Waals surface area contributed by atoms with Gasteiger partial charge in [-0.1, -0.05) is 30.3 Å². The van der Waals surface area contributed by atoms with Crippen molar-refractivity contribution in [2.45, 2.75) is 18.5 Å². The topological polar surface area (TPSA) is 37.3 Å². The molecule has 0 aliphatic rings.